The number of anilines is 1. The van der Waals surface area contributed by atoms with Gasteiger partial charge in [0.15, 0.2) is 0 Å². The molecule has 2 fully saturated rings. The first-order valence-corrected chi connectivity index (χ1v) is 9.09. The summed E-state index contributed by atoms with van der Waals surface area (Å²) in [5.74, 6) is 0.553. The molecule has 0 bridgehead atoms. The van der Waals surface area contributed by atoms with E-state index in [0.717, 1.165) is 48.9 Å². The number of hydrogen-bond acceptors (Lipinski definition) is 4. The Kier molecular flexibility index (Phi) is 4.27. The molecule has 5 nitrogen and oxygen atoms in total. The molecule has 1 atom stereocenters. The molecule has 1 N–H and O–H groups in total. The second kappa shape index (κ2) is 6.72. The average molecular weight is 334 g/mol. The number of likely N-dealkylation sites (tertiary alicyclic amines) is 1. The van der Waals surface area contributed by atoms with E-state index < -0.39 is 0 Å². The van der Waals surface area contributed by atoms with Gasteiger partial charge in [-0.2, -0.15) is 5.26 Å². The Hall–Kier alpha value is -2.61. The number of amides is 1. The second-order valence-electron chi connectivity index (χ2n) is 7.07. The van der Waals surface area contributed by atoms with Gasteiger partial charge in [0.1, 0.15) is 6.07 Å². The first kappa shape index (κ1) is 15.9. The number of fused-ring (bicyclic) bond motifs is 1. The smallest absolute Gasteiger partial charge is 0.225 e. The molecule has 2 aliphatic rings. The SMILES string of the molecule is N#Cc1cnc2ccccc2c1NC1CCN(C(=O)C2CCCC2)C1. The minimum Gasteiger partial charge on any atom is -0.379 e. The van der Waals surface area contributed by atoms with Crippen molar-refractivity contribution in [3.05, 3.63) is 36.0 Å². The molecule has 25 heavy (non-hydrogen) atoms. The fourth-order valence-electron chi connectivity index (χ4n) is 4.09. The lowest BCUT2D eigenvalue weighted by Crippen LogP contribution is -2.35. The lowest BCUT2D eigenvalue weighted by molar-refractivity contribution is -0.134. The Morgan fingerprint density at radius 2 is 2.04 bits per heavy atom. The van der Waals surface area contributed by atoms with Gasteiger partial charge in [0.05, 0.1) is 16.8 Å². The predicted octanol–water partition coefficient (Wildman–Crippen LogP) is 3.31. The summed E-state index contributed by atoms with van der Waals surface area (Å²) >= 11 is 0. The molecule has 1 unspecified atom stereocenters. The number of aromatic nitrogens is 1. The molecule has 1 aliphatic heterocycles. The van der Waals surface area contributed by atoms with Gasteiger partial charge in [0.2, 0.25) is 5.91 Å². The monoisotopic (exact) mass is 334 g/mol. The van der Waals surface area contributed by atoms with Crippen molar-refractivity contribution < 1.29 is 4.79 Å². The Morgan fingerprint density at radius 1 is 1.24 bits per heavy atom. The molecule has 2 heterocycles. The van der Waals surface area contributed by atoms with E-state index in [0.29, 0.717) is 11.5 Å². The number of nitrogens with zero attached hydrogens (tertiary/aromatic N) is 3. The van der Waals surface area contributed by atoms with Crippen molar-refractivity contribution >= 4 is 22.5 Å². The lowest BCUT2D eigenvalue weighted by Gasteiger charge is -2.21. The number of carbonyl (C=O) groups is 1. The summed E-state index contributed by atoms with van der Waals surface area (Å²) in [7, 11) is 0. The Morgan fingerprint density at radius 3 is 2.84 bits per heavy atom. The molecule has 2 aromatic rings. The molecule has 1 aromatic heterocycles. The topological polar surface area (TPSA) is 69.0 Å². The first-order chi connectivity index (χ1) is 12.3. The van der Waals surface area contributed by atoms with E-state index in [1.807, 2.05) is 29.2 Å². The van der Waals surface area contributed by atoms with Gasteiger partial charge < -0.3 is 10.2 Å². The maximum atomic E-state index is 12.6. The van der Waals surface area contributed by atoms with Crippen molar-refractivity contribution in [3.8, 4) is 6.07 Å². The molecular weight excluding hydrogens is 312 g/mol. The summed E-state index contributed by atoms with van der Waals surface area (Å²) in [4.78, 5) is 19.0. The van der Waals surface area contributed by atoms with Gasteiger partial charge >= 0.3 is 0 Å². The zero-order valence-electron chi connectivity index (χ0n) is 14.2. The molecule has 1 saturated heterocycles. The summed E-state index contributed by atoms with van der Waals surface area (Å²) in [5.41, 5.74) is 2.27. The summed E-state index contributed by atoms with van der Waals surface area (Å²) in [6, 6.07) is 10.3. The van der Waals surface area contributed by atoms with Crippen LogP contribution in [0.4, 0.5) is 5.69 Å². The van der Waals surface area contributed by atoms with E-state index in [2.05, 4.69) is 16.4 Å². The zero-order chi connectivity index (χ0) is 17.2. The molecule has 1 aromatic carbocycles. The van der Waals surface area contributed by atoms with Gasteiger partial charge in [-0.05, 0) is 25.3 Å². The number of nitrogens with one attached hydrogen (secondary N) is 1. The quantitative estimate of drug-likeness (QED) is 0.935. The van der Waals surface area contributed by atoms with Crippen molar-refractivity contribution in [1.29, 1.82) is 5.26 Å². The molecule has 0 radical (unpaired) electrons. The standard InChI is InChI=1S/C20H22N4O/c21-11-15-12-22-18-8-4-3-7-17(18)19(15)23-16-9-10-24(13-16)20(25)14-5-1-2-6-14/h3-4,7-8,12,14,16H,1-2,5-6,9-10,13H2,(H,22,23). The lowest BCUT2D eigenvalue weighted by atomic mass is 10.1. The van der Waals surface area contributed by atoms with Crippen LogP contribution in [0.2, 0.25) is 0 Å². The minimum atomic E-state index is 0.184. The van der Waals surface area contributed by atoms with Gasteiger partial charge in [0, 0.05) is 36.6 Å². The van der Waals surface area contributed by atoms with Gasteiger partial charge in [-0.15, -0.1) is 0 Å². The Bertz CT molecular complexity index is 835. The molecule has 1 saturated carbocycles. The van der Waals surface area contributed by atoms with Gasteiger partial charge in [-0.3, -0.25) is 9.78 Å². The van der Waals surface area contributed by atoms with Crippen LogP contribution in [0.25, 0.3) is 10.9 Å². The Balaban J connectivity index is 1.52. The molecule has 4 rings (SSSR count). The van der Waals surface area contributed by atoms with Gasteiger partial charge in [-0.25, -0.2) is 0 Å². The van der Waals surface area contributed by atoms with Crippen molar-refractivity contribution in [1.82, 2.24) is 9.88 Å². The van der Waals surface area contributed by atoms with Crippen molar-refractivity contribution in [2.24, 2.45) is 5.92 Å². The van der Waals surface area contributed by atoms with Crippen LogP contribution in [0.3, 0.4) is 0 Å². The van der Waals surface area contributed by atoms with Crippen LogP contribution in [0, 0.1) is 17.2 Å². The van der Waals surface area contributed by atoms with E-state index >= 15 is 0 Å². The summed E-state index contributed by atoms with van der Waals surface area (Å²) in [6.45, 7) is 1.52. The van der Waals surface area contributed by atoms with Crippen LogP contribution in [0.1, 0.15) is 37.7 Å². The predicted molar refractivity (Wildman–Crippen MR) is 97.0 cm³/mol. The van der Waals surface area contributed by atoms with Crippen LogP contribution in [-0.4, -0.2) is 34.9 Å². The van der Waals surface area contributed by atoms with Crippen molar-refractivity contribution in [3.63, 3.8) is 0 Å². The van der Waals surface area contributed by atoms with E-state index in [4.69, 9.17) is 0 Å². The van der Waals surface area contributed by atoms with E-state index in [1.54, 1.807) is 6.20 Å². The fraction of sp³-hybridized carbons (Fsp3) is 0.450. The van der Waals surface area contributed by atoms with Crippen LogP contribution in [0.5, 0.6) is 0 Å². The highest BCUT2D eigenvalue weighted by Gasteiger charge is 2.32. The molecule has 1 amide bonds. The summed E-state index contributed by atoms with van der Waals surface area (Å²) in [6.07, 6.45) is 6.99. The van der Waals surface area contributed by atoms with Gasteiger partial charge in [-0.1, -0.05) is 31.0 Å². The molecular formula is C20H22N4O. The maximum Gasteiger partial charge on any atom is 0.225 e. The highest BCUT2D eigenvalue weighted by molar-refractivity contribution is 5.94. The summed E-state index contributed by atoms with van der Waals surface area (Å²) < 4.78 is 0. The third-order valence-corrected chi connectivity index (χ3v) is 5.45. The van der Waals surface area contributed by atoms with Crippen LogP contribution in [0.15, 0.2) is 30.5 Å². The molecule has 1 aliphatic carbocycles. The molecule has 5 heteroatoms. The first-order valence-electron chi connectivity index (χ1n) is 9.09. The van der Waals surface area contributed by atoms with E-state index in [-0.39, 0.29) is 12.0 Å². The number of nitriles is 1. The average Bonchev–Trinajstić information content (AvgIpc) is 3.33. The highest BCUT2D eigenvalue weighted by atomic mass is 16.2. The molecule has 0 spiro atoms. The van der Waals surface area contributed by atoms with Crippen LogP contribution < -0.4 is 5.32 Å². The largest absolute Gasteiger partial charge is 0.379 e. The van der Waals surface area contributed by atoms with Gasteiger partial charge in [0.25, 0.3) is 0 Å². The molecule has 128 valence electrons. The Labute approximate surface area is 147 Å². The normalized spacial score (nSPS) is 20.8. The minimum absolute atomic E-state index is 0.184. The third kappa shape index (κ3) is 3.05. The fourth-order valence-corrected chi connectivity index (χ4v) is 4.09. The maximum absolute atomic E-state index is 12.6. The van der Waals surface area contributed by atoms with Crippen molar-refractivity contribution in [2.75, 3.05) is 18.4 Å². The van der Waals surface area contributed by atoms with E-state index in [1.165, 1.54) is 12.8 Å². The number of para-hydroxylation sites is 1. The second-order valence-corrected chi connectivity index (χ2v) is 7.07. The third-order valence-electron chi connectivity index (χ3n) is 5.45. The number of rotatable bonds is 3. The number of benzene rings is 1. The van der Waals surface area contributed by atoms with Crippen LogP contribution >= 0.6 is 0 Å². The summed E-state index contributed by atoms with van der Waals surface area (Å²) in [5, 5.41) is 13.9. The number of hydrogen-bond donors (Lipinski definition) is 1. The number of pyridine rings is 1. The zero-order valence-corrected chi connectivity index (χ0v) is 14.2. The van der Waals surface area contributed by atoms with Crippen molar-refractivity contribution in [2.45, 2.75) is 38.1 Å². The van der Waals surface area contributed by atoms with E-state index in [9.17, 15) is 10.1 Å². The number of carbonyl (C=O) groups excluding carboxylic acids is 1. The highest BCUT2D eigenvalue weighted by Crippen LogP contribution is 2.30. The van der Waals surface area contributed by atoms with Crippen LogP contribution in [-0.2, 0) is 4.79 Å².